The molecule has 0 saturated carbocycles. The van der Waals surface area contributed by atoms with E-state index in [1.165, 1.54) is 5.39 Å². The summed E-state index contributed by atoms with van der Waals surface area (Å²) in [5.74, 6) is 0. The van der Waals surface area contributed by atoms with Gasteiger partial charge in [-0.25, -0.2) is 0 Å². The molecule has 3 nitrogen and oxygen atoms in total. The lowest BCUT2D eigenvalue weighted by Crippen LogP contribution is -2.27. The van der Waals surface area contributed by atoms with Crippen LogP contribution in [0.1, 0.15) is 19.0 Å². The lowest BCUT2D eigenvalue weighted by molar-refractivity contribution is 0.184. The molecule has 0 amide bonds. The van der Waals surface area contributed by atoms with Gasteiger partial charge in [0.2, 0.25) is 0 Å². The molecule has 96 valence electrons. The van der Waals surface area contributed by atoms with Crippen molar-refractivity contribution >= 4 is 10.9 Å². The summed E-state index contributed by atoms with van der Waals surface area (Å²) in [6.07, 6.45) is 1.02. The predicted octanol–water partition coefficient (Wildman–Crippen LogP) is 2.75. The Morgan fingerprint density at radius 2 is 2.06 bits per heavy atom. The van der Waals surface area contributed by atoms with Crippen molar-refractivity contribution in [3.63, 3.8) is 0 Å². The van der Waals surface area contributed by atoms with Gasteiger partial charge in [0.1, 0.15) is 0 Å². The fraction of sp³-hybridized carbons (Fsp3) is 0.400. The summed E-state index contributed by atoms with van der Waals surface area (Å²) in [6.45, 7) is 3.76. The molecule has 1 aromatic heterocycles. The molecule has 1 unspecified atom stereocenters. The molecule has 3 heteroatoms. The Kier molecular flexibility index (Phi) is 4.67. The van der Waals surface area contributed by atoms with Crippen LogP contribution >= 0.6 is 0 Å². The lowest BCUT2D eigenvalue weighted by Gasteiger charge is -2.13. The highest BCUT2D eigenvalue weighted by Crippen LogP contribution is 2.11. The molecule has 1 N–H and O–H groups in total. The van der Waals surface area contributed by atoms with Crippen LogP contribution < -0.4 is 5.32 Å². The maximum Gasteiger partial charge on any atom is 0.0705 e. The van der Waals surface area contributed by atoms with Gasteiger partial charge in [0.05, 0.1) is 11.2 Å². The molecule has 18 heavy (non-hydrogen) atoms. The minimum Gasteiger partial charge on any atom is -0.385 e. The van der Waals surface area contributed by atoms with Gasteiger partial charge in [0, 0.05) is 31.7 Å². The highest BCUT2D eigenvalue weighted by atomic mass is 16.5. The number of methoxy groups -OCH3 is 1. The van der Waals surface area contributed by atoms with Gasteiger partial charge < -0.3 is 10.1 Å². The van der Waals surface area contributed by atoms with E-state index in [2.05, 4.69) is 35.4 Å². The number of fused-ring (bicyclic) bond motifs is 1. The van der Waals surface area contributed by atoms with E-state index in [-0.39, 0.29) is 0 Å². The van der Waals surface area contributed by atoms with Crippen LogP contribution in [0.2, 0.25) is 0 Å². The molecule has 2 rings (SSSR count). The van der Waals surface area contributed by atoms with Crippen LogP contribution in [0.4, 0.5) is 0 Å². The summed E-state index contributed by atoms with van der Waals surface area (Å²) in [5, 5.41) is 4.64. The van der Waals surface area contributed by atoms with Crippen molar-refractivity contribution in [1.82, 2.24) is 10.3 Å². The van der Waals surface area contributed by atoms with Crippen LogP contribution in [0, 0.1) is 0 Å². The van der Waals surface area contributed by atoms with Crippen molar-refractivity contribution < 1.29 is 4.74 Å². The monoisotopic (exact) mass is 244 g/mol. The quantitative estimate of drug-likeness (QED) is 0.848. The van der Waals surface area contributed by atoms with Gasteiger partial charge in [0.15, 0.2) is 0 Å². The van der Waals surface area contributed by atoms with Crippen molar-refractivity contribution in [3.05, 3.63) is 42.1 Å². The second kappa shape index (κ2) is 6.47. The van der Waals surface area contributed by atoms with Crippen LogP contribution in [0.3, 0.4) is 0 Å². The maximum atomic E-state index is 5.07. The predicted molar refractivity (Wildman–Crippen MR) is 74.5 cm³/mol. The number of hydrogen-bond acceptors (Lipinski definition) is 3. The number of aromatic nitrogens is 1. The van der Waals surface area contributed by atoms with E-state index in [1.807, 2.05) is 18.2 Å². The molecule has 0 spiro atoms. The Balaban J connectivity index is 1.95. The molecule has 0 aliphatic carbocycles. The zero-order valence-corrected chi connectivity index (χ0v) is 11.0. The van der Waals surface area contributed by atoms with Gasteiger partial charge in [0.25, 0.3) is 0 Å². The summed E-state index contributed by atoms with van der Waals surface area (Å²) in [7, 11) is 1.73. The third-order valence-corrected chi connectivity index (χ3v) is 3.04. The standard InChI is InChI=1S/C15H20N2O/c1-12(9-10-18-2)16-11-14-8-7-13-5-3-4-6-15(13)17-14/h3-8,12,16H,9-11H2,1-2H3. The molecule has 2 aromatic rings. The maximum absolute atomic E-state index is 5.07. The molecule has 1 heterocycles. The molecule has 0 aliphatic heterocycles. The number of nitrogens with one attached hydrogen (secondary N) is 1. The largest absolute Gasteiger partial charge is 0.385 e. The second-order valence-corrected chi connectivity index (χ2v) is 4.56. The third-order valence-electron chi connectivity index (χ3n) is 3.04. The Hall–Kier alpha value is -1.45. The number of rotatable bonds is 6. The van der Waals surface area contributed by atoms with Gasteiger partial charge in [-0.1, -0.05) is 24.3 Å². The number of pyridine rings is 1. The number of hydrogen-bond donors (Lipinski definition) is 1. The average molecular weight is 244 g/mol. The van der Waals surface area contributed by atoms with E-state index in [4.69, 9.17) is 4.74 Å². The normalized spacial score (nSPS) is 12.8. The molecule has 0 radical (unpaired) electrons. The third kappa shape index (κ3) is 3.52. The summed E-state index contributed by atoms with van der Waals surface area (Å²) < 4.78 is 5.07. The van der Waals surface area contributed by atoms with Crippen molar-refractivity contribution in [1.29, 1.82) is 0 Å². The zero-order chi connectivity index (χ0) is 12.8. The first-order valence-corrected chi connectivity index (χ1v) is 6.36. The Morgan fingerprint density at radius 3 is 2.89 bits per heavy atom. The van der Waals surface area contributed by atoms with Crippen LogP contribution in [0.25, 0.3) is 10.9 Å². The summed E-state index contributed by atoms with van der Waals surface area (Å²) in [5.41, 5.74) is 2.14. The number of ether oxygens (including phenoxy) is 1. The molecule has 0 aliphatic rings. The van der Waals surface area contributed by atoms with E-state index in [1.54, 1.807) is 7.11 Å². The van der Waals surface area contributed by atoms with Crippen molar-refractivity contribution in [3.8, 4) is 0 Å². The van der Waals surface area contributed by atoms with Gasteiger partial charge in [-0.05, 0) is 25.5 Å². The molecule has 1 aromatic carbocycles. The fourth-order valence-corrected chi connectivity index (χ4v) is 1.88. The number of benzene rings is 1. The Labute approximate surface area is 108 Å². The second-order valence-electron chi connectivity index (χ2n) is 4.56. The van der Waals surface area contributed by atoms with Crippen LogP contribution in [0.5, 0.6) is 0 Å². The minimum absolute atomic E-state index is 0.443. The van der Waals surface area contributed by atoms with Gasteiger partial charge in [-0.2, -0.15) is 0 Å². The molecule has 1 atom stereocenters. The van der Waals surface area contributed by atoms with Gasteiger partial charge >= 0.3 is 0 Å². The van der Waals surface area contributed by atoms with Crippen LogP contribution in [-0.4, -0.2) is 24.7 Å². The smallest absolute Gasteiger partial charge is 0.0705 e. The highest BCUT2D eigenvalue weighted by molar-refractivity contribution is 5.78. The summed E-state index contributed by atoms with van der Waals surface area (Å²) in [6, 6.07) is 12.8. The number of nitrogens with zero attached hydrogens (tertiary/aromatic N) is 1. The Morgan fingerprint density at radius 1 is 1.22 bits per heavy atom. The van der Waals surface area contributed by atoms with Crippen LogP contribution in [0.15, 0.2) is 36.4 Å². The van der Waals surface area contributed by atoms with E-state index in [0.717, 1.165) is 30.8 Å². The lowest BCUT2D eigenvalue weighted by atomic mass is 10.2. The zero-order valence-electron chi connectivity index (χ0n) is 11.0. The van der Waals surface area contributed by atoms with Gasteiger partial charge in [-0.15, -0.1) is 0 Å². The van der Waals surface area contributed by atoms with E-state index < -0.39 is 0 Å². The summed E-state index contributed by atoms with van der Waals surface area (Å²) in [4.78, 5) is 4.63. The molecule has 0 fully saturated rings. The van der Waals surface area contributed by atoms with Crippen molar-refractivity contribution in [2.24, 2.45) is 0 Å². The first-order valence-electron chi connectivity index (χ1n) is 6.36. The fourth-order valence-electron chi connectivity index (χ4n) is 1.88. The van der Waals surface area contributed by atoms with E-state index >= 15 is 0 Å². The molecular formula is C15H20N2O. The van der Waals surface area contributed by atoms with Crippen LogP contribution in [-0.2, 0) is 11.3 Å². The molecule has 0 bridgehead atoms. The first-order chi connectivity index (χ1) is 8.79. The van der Waals surface area contributed by atoms with Crippen molar-refractivity contribution in [2.75, 3.05) is 13.7 Å². The van der Waals surface area contributed by atoms with Crippen molar-refractivity contribution in [2.45, 2.75) is 25.9 Å². The highest BCUT2D eigenvalue weighted by Gasteiger charge is 2.02. The molecular weight excluding hydrogens is 224 g/mol. The molecule has 0 saturated heterocycles. The SMILES string of the molecule is COCCC(C)NCc1ccc2ccccc2n1. The average Bonchev–Trinajstić information content (AvgIpc) is 2.42. The van der Waals surface area contributed by atoms with Gasteiger partial charge in [-0.3, -0.25) is 4.98 Å². The van der Waals surface area contributed by atoms with E-state index in [0.29, 0.717) is 6.04 Å². The van der Waals surface area contributed by atoms with E-state index in [9.17, 15) is 0 Å². The topological polar surface area (TPSA) is 34.1 Å². The summed E-state index contributed by atoms with van der Waals surface area (Å²) >= 11 is 0. The first kappa shape index (κ1) is 13.0. The number of para-hydroxylation sites is 1. The Bertz CT molecular complexity index is 499. The minimum atomic E-state index is 0.443.